The number of rotatable bonds is 6. The Bertz CT molecular complexity index is 3420. The SMILES string of the molecule is [Ag+].[Ag+].[C-]#Cc1ccc2ccc3c4ccccc4ccc3c2c1.[C-]#Cc1ccc2ccc3c4ccccc4ccc3c2c1.c1ccc([PH+](C[PH+](c2ccccc2)c2ccccc2)c2ccccc2)cc1. The Morgan fingerprint density at radius 3 is 0.841 bits per heavy atom. The van der Waals surface area contributed by atoms with Crippen molar-refractivity contribution in [2.45, 2.75) is 0 Å². The van der Waals surface area contributed by atoms with Gasteiger partial charge in [-0.25, -0.2) is 0 Å². The zero-order valence-corrected chi connectivity index (χ0v) is 42.5. The fraction of sp³-hybridized carbons (Fsp3) is 0.0154. The molecule has 0 aliphatic rings. The molecule has 0 radical (unpaired) electrons. The van der Waals surface area contributed by atoms with Crippen LogP contribution in [0.3, 0.4) is 0 Å². The normalized spacial score (nSPS) is 10.7. The Labute approximate surface area is 439 Å². The van der Waals surface area contributed by atoms with E-state index in [0.29, 0.717) is 0 Å². The van der Waals surface area contributed by atoms with Crippen LogP contribution in [0, 0.1) is 24.7 Å². The number of benzene rings is 12. The van der Waals surface area contributed by atoms with Crippen molar-refractivity contribution in [3.05, 3.63) is 279 Å². The molecule has 69 heavy (non-hydrogen) atoms. The van der Waals surface area contributed by atoms with Crippen molar-refractivity contribution in [2.24, 2.45) is 0 Å². The van der Waals surface area contributed by atoms with Gasteiger partial charge in [0.25, 0.3) is 0 Å². The van der Waals surface area contributed by atoms with Gasteiger partial charge in [0, 0.05) is 0 Å². The van der Waals surface area contributed by atoms with Gasteiger partial charge in [0.05, 0.1) is 0 Å². The molecule has 0 amide bonds. The molecule has 0 heterocycles. The van der Waals surface area contributed by atoms with Gasteiger partial charge in [-0.3, -0.25) is 11.8 Å². The standard InChI is InChI=1S/C25H22P2.2C20H11.2Ag/c1-5-13-22(14-6-1)26(23-15-7-2-8-16-23)21-27(24-17-9-3-10-18-24)25-19-11-4-12-20-25;2*1-2-14-7-8-16-10-11-18-17-6-4-3-5-15(17)9-12-19(18)20(16)13-14;;/h1-20H,21H2;2*3-13H;;/q;2*-1;2*+1/p+2. The van der Waals surface area contributed by atoms with Gasteiger partial charge in [-0.1, -0.05) is 182 Å². The van der Waals surface area contributed by atoms with Crippen LogP contribution in [0.5, 0.6) is 0 Å². The van der Waals surface area contributed by atoms with E-state index in [0.717, 1.165) is 11.1 Å². The summed E-state index contributed by atoms with van der Waals surface area (Å²) in [5, 5.41) is 20.8. The molecule has 0 fully saturated rings. The van der Waals surface area contributed by atoms with Crippen molar-refractivity contribution in [1.29, 1.82) is 0 Å². The van der Waals surface area contributed by atoms with Crippen molar-refractivity contribution >= 4 is 102 Å². The molecule has 0 aromatic heterocycles. The molecule has 0 unspecified atom stereocenters. The summed E-state index contributed by atoms with van der Waals surface area (Å²) in [6, 6.07) is 90.8. The smallest absolute Gasteiger partial charge is 0.366 e. The summed E-state index contributed by atoms with van der Waals surface area (Å²) in [5.74, 6) is 6.19. The van der Waals surface area contributed by atoms with Gasteiger partial charge >= 0.3 is 44.8 Å². The van der Waals surface area contributed by atoms with E-state index in [9.17, 15) is 0 Å². The Morgan fingerprint density at radius 1 is 0.261 bits per heavy atom. The second kappa shape index (κ2) is 23.3. The van der Waals surface area contributed by atoms with Crippen molar-refractivity contribution in [3.63, 3.8) is 0 Å². The van der Waals surface area contributed by atoms with E-state index < -0.39 is 15.8 Å². The van der Waals surface area contributed by atoms with Crippen LogP contribution >= 0.6 is 15.8 Å². The molecule has 12 aromatic carbocycles. The van der Waals surface area contributed by atoms with Gasteiger partial charge in [0.2, 0.25) is 0 Å². The van der Waals surface area contributed by atoms with Crippen LogP contribution in [-0.2, 0) is 44.8 Å². The summed E-state index contributed by atoms with van der Waals surface area (Å²) >= 11 is 0. The summed E-state index contributed by atoms with van der Waals surface area (Å²) in [6.45, 7) is 0. The summed E-state index contributed by atoms with van der Waals surface area (Å²) < 4.78 is 0. The maximum Gasteiger partial charge on any atom is 1.00 e. The third-order valence-corrected chi connectivity index (χ3v) is 19.6. The Morgan fingerprint density at radius 2 is 0.522 bits per heavy atom. The zero-order valence-electron chi connectivity index (χ0n) is 37.6. The quantitative estimate of drug-likeness (QED) is 0.0512. The summed E-state index contributed by atoms with van der Waals surface area (Å²) in [6.07, 6.45) is 14.6. The molecule has 4 heteroatoms. The Balaban J connectivity index is 0.000000140. The first-order valence-corrected chi connectivity index (χ1v) is 26.0. The van der Waals surface area contributed by atoms with Gasteiger partial charge in [0.1, 0.15) is 37.1 Å². The second-order valence-corrected chi connectivity index (χ2v) is 22.3. The first-order chi connectivity index (χ1) is 33.1. The molecule has 0 aliphatic heterocycles. The molecule has 0 saturated heterocycles. The molecular weight excluding hydrogens is 1060 g/mol. The van der Waals surface area contributed by atoms with Gasteiger partial charge in [-0.15, -0.1) is 35.4 Å². The van der Waals surface area contributed by atoms with Crippen molar-refractivity contribution in [3.8, 4) is 11.8 Å². The van der Waals surface area contributed by atoms with Gasteiger partial charge in [0.15, 0.2) is 5.90 Å². The fourth-order valence-electron chi connectivity index (χ4n) is 9.27. The first-order valence-electron chi connectivity index (χ1n) is 22.6. The minimum absolute atomic E-state index is 0. The molecule has 0 N–H and O–H groups in total. The number of fused-ring (bicyclic) bond motifs is 10. The van der Waals surface area contributed by atoms with Crippen molar-refractivity contribution in [2.75, 3.05) is 5.90 Å². The molecule has 0 aliphatic carbocycles. The third-order valence-electron chi connectivity index (χ3n) is 12.6. The molecule has 0 saturated carbocycles. The van der Waals surface area contributed by atoms with Gasteiger partial charge < -0.3 is 12.8 Å². The minimum atomic E-state index is -0.847. The molecular formula is C65H46Ag2P2+2. The molecule has 0 bridgehead atoms. The number of hydrogen-bond donors (Lipinski definition) is 0. The van der Waals surface area contributed by atoms with E-state index in [1.165, 1.54) is 91.8 Å². The van der Waals surface area contributed by atoms with Crippen molar-refractivity contribution < 1.29 is 44.8 Å². The maximum atomic E-state index is 7.31. The molecule has 0 nitrogen and oxygen atoms in total. The molecule has 0 spiro atoms. The summed E-state index contributed by atoms with van der Waals surface area (Å²) in [5.41, 5.74) is 1.64. The zero-order chi connectivity index (χ0) is 45.4. The van der Waals surface area contributed by atoms with E-state index >= 15 is 0 Å². The Kier molecular flexibility index (Phi) is 16.6. The van der Waals surface area contributed by atoms with Crippen LogP contribution in [0.2, 0.25) is 0 Å². The van der Waals surface area contributed by atoms with E-state index in [4.69, 9.17) is 12.8 Å². The first kappa shape index (κ1) is 49.1. The summed E-state index contributed by atoms with van der Waals surface area (Å²) in [4.78, 5) is 0. The summed E-state index contributed by atoms with van der Waals surface area (Å²) in [7, 11) is -1.69. The van der Waals surface area contributed by atoms with Crippen LogP contribution in [0.1, 0.15) is 11.1 Å². The average Bonchev–Trinajstić information content (AvgIpc) is 3.41. The largest absolute Gasteiger partial charge is 1.00 e. The molecule has 12 aromatic rings. The van der Waals surface area contributed by atoms with Gasteiger partial charge in [-0.2, -0.15) is 0 Å². The predicted octanol–water partition coefficient (Wildman–Crippen LogP) is 14.8. The third kappa shape index (κ3) is 10.9. The Hall–Kier alpha value is -6.34. The molecule has 336 valence electrons. The van der Waals surface area contributed by atoms with Crippen molar-refractivity contribution in [1.82, 2.24) is 0 Å². The topological polar surface area (TPSA) is 0 Å². The van der Waals surface area contributed by atoms with E-state index in [2.05, 4.69) is 242 Å². The second-order valence-electron chi connectivity index (χ2n) is 16.6. The van der Waals surface area contributed by atoms with Crippen LogP contribution in [0.15, 0.2) is 255 Å². The predicted molar refractivity (Wildman–Crippen MR) is 296 cm³/mol. The monoisotopic (exact) mass is 1100 g/mol. The fourth-order valence-corrected chi connectivity index (χ4v) is 17.0. The van der Waals surface area contributed by atoms with Crippen LogP contribution < -0.4 is 21.2 Å². The van der Waals surface area contributed by atoms with Crippen LogP contribution in [0.25, 0.3) is 64.6 Å². The average molecular weight is 1100 g/mol. The maximum absolute atomic E-state index is 7.31. The van der Waals surface area contributed by atoms with E-state index in [1.54, 1.807) is 0 Å². The minimum Gasteiger partial charge on any atom is -0.366 e. The van der Waals surface area contributed by atoms with Gasteiger partial charge in [-0.05, 0) is 113 Å². The number of hydrogen-bond acceptors (Lipinski definition) is 0. The molecule has 0 atom stereocenters. The van der Waals surface area contributed by atoms with Crippen LogP contribution in [-0.4, -0.2) is 5.90 Å². The molecule has 12 rings (SSSR count). The van der Waals surface area contributed by atoms with Crippen LogP contribution in [0.4, 0.5) is 0 Å². The van der Waals surface area contributed by atoms with E-state index in [-0.39, 0.29) is 44.8 Å². The van der Waals surface area contributed by atoms with E-state index in [1.807, 2.05) is 24.3 Å².